The molecule has 0 radical (unpaired) electrons. The number of hydrogen-bond donors (Lipinski definition) is 2. The molecule has 2 amide bonds. The molecule has 0 spiro atoms. The molecule has 1 aromatic rings. The first kappa shape index (κ1) is 16.1. The Hall–Kier alpha value is -1.40. The van der Waals surface area contributed by atoms with Crippen LogP contribution in [-0.4, -0.2) is 47.4 Å². The molecule has 3 unspecified atom stereocenters. The van der Waals surface area contributed by atoms with Crippen molar-refractivity contribution in [3.8, 4) is 0 Å². The number of nitrogens with one attached hydrogen (secondary N) is 2. The fourth-order valence-corrected chi connectivity index (χ4v) is 5.14. The molecular weight excluding hydrogens is 322 g/mol. The summed E-state index contributed by atoms with van der Waals surface area (Å²) in [4.78, 5) is 28.1. The van der Waals surface area contributed by atoms with Gasteiger partial charge in [-0.1, -0.05) is 6.07 Å². The maximum absolute atomic E-state index is 12.9. The van der Waals surface area contributed by atoms with Gasteiger partial charge >= 0.3 is 0 Å². The van der Waals surface area contributed by atoms with Crippen molar-refractivity contribution in [2.24, 2.45) is 0 Å². The first-order valence-electron chi connectivity index (χ1n) is 9.11. The SMILES string of the molecule is O=C(NC1CC2CCC(C1)N2)C1CCCCN1C(=O)c1cccs1. The Kier molecular flexibility index (Phi) is 4.59. The average Bonchev–Trinajstić information content (AvgIpc) is 3.24. The van der Waals surface area contributed by atoms with Crippen LogP contribution >= 0.6 is 11.3 Å². The summed E-state index contributed by atoms with van der Waals surface area (Å²) >= 11 is 1.45. The standard InChI is InChI=1S/C18H25N3O2S/c22-17(20-14-10-12-6-7-13(11-14)19-12)15-4-1-2-8-21(15)18(23)16-5-3-9-24-16/h3,5,9,12-15,19H,1-2,4,6-8,10-11H2,(H,20,22). The van der Waals surface area contributed by atoms with Crippen molar-refractivity contribution in [1.82, 2.24) is 15.5 Å². The average molecular weight is 347 g/mol. The Morgan fingerprint density at radius 3 is 2.67 bits per heavy atom. The molecule has 3 aliphatic heterocycles. The molecule has 0 saturated carbocycles. The van der Waals surface area contributed by atoms with Gasteiger partial charge in [0.2, 0.25) is 5.91 Å². The highest BCUT2D eigenvalue weighted by molar-refractivity contribution is 7.12. The van der Waals surface area contributed by atoms with Crippen LogP contribution in [0.25, 0.3) is 0 Å². The number of amides is 2. The highest BCUT2D eigenvalue weighted by atomic mass is 32.1. The maximum Gasteiger partial charge on any atom is 0.264 e. The molecule has 24 heavy (non-hydrogen) atoms. The number of thiophene rings is 1. The van der Waals surface area contributed by atoms with Gasteiger partial charge in [0.15, 0.2) is 0 Å². The van der Waals surface area contributed by atoms with Crippen molar-refractivity contribution in [2.45, 2.75) is 69.1 Å². The van der Waals surface area contributed by atoms with E-state index in [-0.39, 0.29) is 23.9 Å². The molecule has 3 atom stereocenters. The van der Waals surface area contributed by atoms with Crippen LogP contribution in [0.15, 0.2) is 17.5 Å². The van der Waals surface area contributed by atoms with Gasteiger partial charge in [-0.25, -0.2) is 0 Å². The molecule has 0 aliphatic carbocycles. The Balaban J connectivity index is 1.42. The van der Waals surface area contributed by atoms with Gasteiger partial charge in [0, 0.05) is 24.7 Å². The van der Waals surface area contributed by atoms with Crippen LogP contribution in [-0.2, 0) is 4.79 Å². The summed E-state index contributed by atoms with van der Waals surface area (Å²) in [5.74, 6) is 0.0566. The predicted octanol–water partition coefficient (Wildman–Crippen LogP) is 2.14. The van der Waals surface area contributed by atoms with Crippen molar-refractivity contribution in [1.29, 1.82) is 0 Å². The summed E-state index contributed by atoms with van der Waals surface area (Å²) in [6, 6.07) is 4.81. The number of piperidine rings is 2. The molecule has 2 bridgehead atoms. The van der Waals surface area contributed by atoms with Crippen molar-refractivity contribution in [3.63, 3.8) is 0 Å². The van der Waals surface area contributed by atoms with E-state index in [4.69, 9.17) is 0 Å². The third-order valence-corrected chi connectivity index (χ3v) is 6.48. The third kappa shape index (κ3) is 3.22. The van der Waals surface area contributed by atoms with Crippen LogP contribution in [0.2, 0.25) is 0 Å². The van der Waals surface area contributed by atoms with Crippen LogP contribution in [0.4, 0.5) is 0 Å². The summed E-state index contributed by atoms with van der Waals surface area (Å²) in [5, 5.41) is 8.77. The van der Waals surface area contributed by atoms with E-state index in [2.05, 4.69) is 10.6 Å². The number of carbonyl (C=O) groups is 2. The lowest BCUT2D eigenvalue weighted by Crippen LogP contribution is -2.56. The van der Waals surface area contributed by atoms with Crippen molar-refractivity contribution >= 4 is 23.2 Å². The fraction of sp³-hybridized carbons (Fsp3) is 0.667. The second-order valence-electron chi connectivity index (χ2n) is 7.30. The van der Waals surface area contributed by atoms with E-state index in [1.165, 1.54) is 24.2 Å². The van der Waals surface area contributed by atoms with E-state index in [9.17, 15) is 9.59 Å². The molecular formula is C18H25N3O2S. The molecule has 3 fully saturated rings. The molecule has 0 aromatic carbocycles. The van der Waals surface area contributed by atoms with Crippen LogP contribution in [0.3, 0.4) is 0 Å². The van der Waals surface area contributed by atoms with Gasteiger partial charge < -0.3 is 15.5 Å². The number of likely N-dealkylation sites (tertiary alicyclic amines) is 1. The molecule has 3 aliphatic rings. The minimum absolute atomic E-state index is 0.00947. The smallest absolute Gasteiger partial charge is 0.264 e. The summed E-state index contributed by atoms with van der Waals surface area (Å²) < 4.78 is 0. The van der Waals surface area contributed by atoms with E-state index in [0.717, 1.165) is 37.0 Å². The molecule has 4 heterocycles. The quantitative estimate of drug-likeness (QED) is 0.881. The van der Waals surface area contributed by atoms with Gasteiger partial charge in [-0.15, -0.1) is 11.3 Å². The lowest BCUT2D eigenvalue weighted by atomic mass is 9.97. The fourth-order valence-electron chi connectivity index (χ4n) is 4.46. The van der Waals surface area contributed by atoms with Crippen LogP contribution < -0.4 is 10.6 Å². The van der Waals surface area contributed by atoms with Gasteiger partial charge in [-0.05, 0) is 56.4 Å². The molecule has 6 heteroatoms. The summed E-state index contributed by atoms with van der Waals surface area (Å²) in [7, 11) is 0. The minimum atomic E-state index is -0.305. The highest BCUT2D eigenvalue weighted by Gasteiger charge is 2.37. The monoisotopic (exact) mass is 347 g/mol. The Morgan fingerprint density at radius 1 is 1.17 bits per heavy atom. The van der Waals surface area contributed by atoms with Crippen LogP contribution in [0.5, 0.6) is 0 Å². The van der Waals surface area contributed by atoms with Crippen LogP contribution in [0, 0.1) is 0 Å². The van der Waals surface area contributed by atoms with Crippen molar-refractivity contribution in [3.05, 3.63) is 22.4 Å². The van der Waals surface area contributed by atoms with E-state index in [0.29, 0.717) is 18.6 Å². The summed E-state index contributed by atoms with van der Waals surface area (Å²) in [6.07, 6.45) is 7.28. The lowest BCUT2D eigenvalue weighted by Gasteiger charge is -2.36. The number of hydrogen-bond acceptors (Lipinski definition) is 4. The first-order chi connectivity index (χ1) is 11.7. The molecule has 3 saturated heterocycles. The lowest BCUT2D eigenvalue weighted by molar-refractivity contribution is -0.127. The summed E-state index contributed by atoms with van der Waals surface area (Å²) in [5.41, 5.74) is 0. The molecule has 2 N–H and O–H groups in total. The predicted molar refractivity (Wildman–Crippen MR) is 94.1 cm³/mol. The zero-order valence-electron chi connectivity index (χ0n) is 13.9. The van der Waals surface area contributed by atoms with E-state index < -0.39 is 0 Å². The Labute approximate surface area is 146 Å². The number of fused-ring (bicyclic) bond motifs is 2. The van der Waals surface area contributed by atoms with Gasteiger partial charge in [0.05, 0.1) is 4.88 Å². The maximum atomic E-state index is 12.9. The van der Waals surface area contributed by atoms with Gasteiger partial charge in [0.1, 0.15) is 6.04 Å². The molecule has 130 valence electrons. The number of carbonyl (C=O) groups excluding carboxylic acids is 2. The Bertz CT molecular complexity index is 591. The highest BCUT2D eigenvalue weighted by Crippen LogP contribution is 2.27. The van der Waals surface area contributed by atoms with Gasteiger partial charge in [0.25, 0.3) is 5.91 Å². The molecule has 5 nitrogen and oxygen atoms in total. The topological polar surface area (TPSA) is 61.4 Å². The number of rotatable bonds is 3. The second-order valence-corrected chi connectivity index (χ2v) is 8.25. The first-order valence-corrected chi connectivity index (χ1v) is 9.99. The third-order valence-electron chi connectivity index (χ3n) is 5.62. The second kappa shape index (κ2) is 6.84. The van der Waals surface area contributed by atoms with Gasteiger partial charge in [-0.3, -0.25) is 9.59 Å². The van der Waals surface area contributed by atoms with E-state index >= 15 is 0 Å². The van der Waals surface area contributed by atoms with Gasteiger partial charge in [-0.2, -0.15) is 0 Å². The minimum Gasteiger partial charge on any atom is -0.351 e. The largest absolute Gasteiger partial charge is 0.351 e. The molecule has 1 aromatic heterocycles. The zero-order valence-corrected chi connectivity index (χ0v) is 14.7. The Morgan fingerprint density at radius 2 is 1.96 bits per heavy atom. The normalized spacial score (nSPS) is 32.6. The van der Waals surface area contributed by atoms with E-state index in [1.807, 2.05) is 17.5 Å². The summed E-state index contributed by atoms with van der Waals surface area (Å²) in [6.45, 7) is 0.687. The molecule has 4 rings (SSSR count). The van der Waals surface area contributed by atoms with Crippen molar-refractivity contribution < 1.29 is 9.59 Å². The zero-order chi connectivity index (χ0) is 16.5. The number of nitrogens with zero attached hydrogens (tertiary/aromatic N) is 1. The van der Waals surface area contributed by atoms with Crippen molar-refractivity contribution in [2.75, 3.05) is 6.54 Å². The van der Waals surface area contributed by atoms with Crippen LogP contribution in [0.1, 0.15) is 54.6 Å². The van der Waals surface area contributed by atoms with E-state index in [1.54, 1.807) is 4.90 Å².